The van der Waals surface area contributed by atoms with Gasteiger partial charge in [-0.05, 0) is 6.92 Å². The summed E-state index contributed by atoms with van der Waals surface area (Å²) in [6, 6.07) is 0. The fraction of sp³-hybridized carbons (Fsp3) is 0.833. The number of hydrogen-bond acceptors (Lipinski definition) is 2. The lowest BCUT2D eigenvalue weighted by molar-refractivity contribution is -0.109. The normalized spacial score (nSPS) is 3.47. The summed E-state index contributed by atoms with van der Waals surface area (Å²) in [5.41, 5.74) is 0. The molecule has 0 aromatic heterocycles. The first kappa shape index (κ1) is 47.9. The van der Waals surface area contributed by atoms with Crippen LogP contribution in [0.25, 0.3) is 0 Å². The van der Waals surface area contributed by atoms with E-state index in [-0.39, 0.29) is 14.9 Å². The lowest BCUT2D eigenvalue weighted by Gasteiger charge is -1.64. The van der Waals surface area contributed by atoms with Crippen molar-refractivity contribution in [2.24, 2.45) is 0 Å². The third-order valence-corrected chi connectivity index (χ3v) is 0.118. The van der Waals surface area contributed by atoms with Gasteiger partial charge in [-0.3, -0.25) is 4.79 Å². The van der Waals surface area contributed by atoms with E-state index in [1.807, 2.05) is 41.5 Å². The molecular formula is C12H35NO2. The fourth-order valence-corrected chi connectivity index (χ4v) is 0. The Bertz CT molecular complexity index is 48.9. The molecular weight excluding hydrogens is 190 g/mol. The van der Waals surface area contributed by atoms with Crippen molar-refractivity contribution < 1.29 is 9.59 Å². The predicted molar refractivity (Wildman–Crippen MR) is 74.4 cm³/mol. The quantitative estimate of drug-likeness (QED) is 0.688. The summed E-state index contributed by atoms with van der Waals surface area (Å²) in [7, 11) is 1.56. The van der Waals surface area contributed by atoms with E-state index in [0.717, 1.165) is 6.29 Å². The van der Waals surface area contributed by atoms with Gasteiger partial charge in [0, 0.05) is 7.05 Å². The Balaban J connectivity index is -0.0000000107. The first-order valence-corrected chi connectivity index (χ1v) is 4.84. The average Bonchev–Trinajstić information content (AvgIpc) is 2.27. The van der Waals surface area contributed by atoms with Crippen LogP contribution in [0.4, 0.5) is 0 Å². The highest BCUT2D eigenvalue weighted by atomic mass is 16.1. The van der Waals surface area contributed by atoms with E-state index < -0.39 is 0 Å². The molecule has 0 atom stereocenters. The predicted octanol–water partition coefficient (Wildman–Crippen LogP) is 3.92. The van der Waals surface area contributed by atoms with Gasteiger partial charge in [0.15, 0.2) is 0 Å². The second-order valence-corrected chi connectivity index (χ2v) is 0.642. The molecule has 0 aliphatic rings. The molecule has 0 aromatic rings. The molecule has 100 valence electrons. The van der Waals surface area contributed by atoms with Gasteiger partial charge in [-0.25, -0.2) is 0 Å². The van der Waals surface area contributed by atoms with Crippen LogP contribution in [0.2, 0.25) is 0 Å². The minimum absolute atomic E-state index is 0. The molecule has 0 saturated carbocycles. The van der Waals surface area contributed by atoms with Crippen molar-refractivity contribution in [3.05, 3.63) is 0 Å². The molecule has 0 bridgehead atoms. The largest absolute Gasteiger partial charge is 0.362 e. The van der Waals surface area contributed by atoms with E-state index in [1.54, 1.807) is 7.05 Å². The van der Waals surface area contributed by atoms with Gasteiger partial charge in [0.2, 0.25) is 6.41 Å². The smallest absolute Gasteiger partial charge is 0.206 e. The zero-order chi connectivity index (χ0) is 12.1. The van der Waals surface area contributed by atoms with Crippen LogP contribution >= 0.6 is 0 Å². The molecule has 3 nitrogen and oxygen atoms in total. The second kappa shape index (κ2) is 423. The van der Waals surface area contributed by atoms with Crippen LogP contribution in [0, 0.1) is 0 Å². The van der Waals surface area contributed by atoms with Crippen LogP contribution < -0.4 is 5.32 Å². The number of carbonyl (C=O) groups is 2. The maximum absolute atomic E-state index is 9.06. The Labute approximate surface area is 98.7 Å². The van der Waals surface area contributed by atoms with Crippen LogP contribution in [0.3, 0.4) is 0 Å². The summed E-state index contributed by atoms with van der Waals surface area (Å²) in [5.74, 6) is 0. The fourth-order valence-electron chi connectivity index (χ4n) is 0. The molecule has 0 unspecified atom stereocenters. The maximum atomic E-state index is 9.06. The molecule has 0 aromatic carbocycles. The highest BCUT2D eigenvalue weighted by molar-refractivity contribution is 5.44. The number of nitrogens with one attached hydrogen (secondary N) is 1. The molecule has 0 aliphatic carbocycles. The third kappa shape index (κ3) is 83200. The number of aldehydes is 1. The highest BCUT2D eigenvalue weighted by Gasteiger charge is 1.43. The molecule has 0 heterocycles. The Morgan fingerprint density at radius 2 is 0.867 bits per heavy atom. The minimum Gasteiger partial charge on any atom is -0.362 e. The standard InChI is InChI=1S/C2H5NO.C2H4O.3C2H6.2CH4/c1-3-2-4;1-2-3;3*1-2;;/h2H,1H3,(H,3,4);2H,1H3;3*1-2H3;2*1H4. The molecule has 0 aliphatic heterocycles. The second-order valence-electron chi connectivity index (χ2n) is 0.642. The van der Waals surface area contributed by atoms with E-state index in [4.69, 9.17) is 9.59 Å². The van der Waals surface area contributed by atoms with Crippen molar-refractivity contribution in [3.63, 3.8) is 0 Å². The summed E-state index contributed by atoms with van der Waals surface area (Å²) in [4.78, 5) is 17.9. The summed E-state index contributed by atoms with van der Waals surface area (Å²) in [6.07, 6.45) is 1.38. The summed E-state index contributed by atoms with van der Waals surface area (Å²) < 4.78 is 0. The lowest BCUT2D eigenvalue weighted by Crippen LogP contribution is -1.98. The zero-order valence-electron chi connectivity index (χ0n) is 10.5. The molecule has 15 heavy (non-hydrogen) atoms. The molecule has 1 amide bonds. The summed E-state index contributed by atoms with van der Waals surface area (Å²) >= 11 is 0. The van der Waals surface area contributed by atoms with Crippen LogP contribution in [0.15, 0.2) is 0 Å². The SMILES string of the molecule is C.C.CC.CC.CC.CC=O.CNC=O. The van der Waals surface area contributed by atoms with E-state index in [2.05, 4.69) is 5.32 Å². The number of amides is 1. The minimum atomic E-state index is 0. The van der Waals surface area contributed by atoms with Gasteiger partial charge in [-0.2, -0.15) is 0 Å². The van der Waals surface area contributed by atoms with Gasteiger partial charge < -0.3 is 10.1 Å². The monoisotopic (exact) mass is 225 g/mol. The number of carbonyl (C=O) groups excluding carboxylic acids is 2. The van der Waals surface area contributed by atoms with Crippen molar-refractivity contribution in [2.75, 3.05) is 7.05 Å². The molecule has 0 spiro atoms. The van der Waals surface area contributed by atoms with Crippen molar-refractivity contribution >= 4 is 12.7 Å². The molecule has 0 rings (SSSR count). The molecule has 0 fully saturated rings. The van der Waals surface area contributed by atoms with Crippen molar-refractivity contribution in [1.29, 1.82) is 0 Å². The Morgan fingerprint density at radius 1 is 0.800 bits per heavy atom. The molecule has 3 heteroatoms. The van der Waals surface area contributed by atoms with Crippen LogP contribution in [-0.4, -0.2) is 19.7 Å². The van der Waals surface area contributed by atoms with E-state index in [9.17, 15) is 0 Å². The molecule has 0 radical (unpaired) electrons. The van der Waals surface area contributed by atoms with E-state index in [1.165, 1.54) is 6.92 Å². The van der Waals surface area contributed by atoms with Crippen LogP contribution in [0.1, 0.15) is 63.3 Å². The van der Waals surface area contributed by atoms with Gasteiger partial charge >= 0.3 is 0 Å². The summed E-state index contributed by atoms with van der Waals surface area (Å²) in [6.45, 7) is 13.4. The van der Waals surface area contributed by atoms with Crippen molar-refractivity contribution in [2.45, 2.75) is 63.3 Å². The topological polar surface area (TPSA) is 46.2 Å². The Morgan fingerprint density at radius 3 is 0.867 bits per heavy atom. The first-order chi connectivity index (χ1) is 6.33. The Kier molecular flexibility index (Phi) is 1350. The van der Waals surface area contributed by atoms with Crippen LogP contribution in [0.5, 0.6) is 0 Å². The third-order valence-electron chi connectivity index (χ3n) is 0.118. The number of hydrogen-bond donors (Lipinski definition) is 1. The average molecular weight is 225 g/mol. The highest BCUT2D eigenvalue weighted by Crippen LogP contribution is 1.15. The van der Waals surface area contributed by atoms with Gasteiger partial charge in [0.05, 0.1) is 0 Å². The van der Waals surface area contributed by atoms with Crippen LogP contribution in [-0.2, 0) is 9.59 Å². The maximum Gasteiger partial charge on any atom is 0.206 e. The molecule has 0 saturated heterocycles. The van der Waals surface area contributed by atoms with Gasteiger partial charge in [-0.15, -0.1) is 0 Å². The van der Waals surface area contributed by atoms with Gasteiger partial charge in [-0.1, -0.05) is 56.4 Å². The zero-order valence-corrected chi connectivity index (χ0v) is 10.5. The van der Waals surface area contributed by atoms with E-state index in [0.29, 0.717) is 6.41 Å². The summed E-state index contributed by atoms with van der Waals surface area (Å²) in [5, 5.41) is 2.25. The van der Waals surface area contributed by atoms with Crippen molar-refractivity contribution in [3.8, 4) is 0 Å². The van der Waals surface area contributed by atoms with E-state index >= 15 is 0 Å². The van der Waals surface area contributed by atoms with Gasteiger partial charge in [0.1, 0.15) is 6.29 Å². The van der Waals surface area contributed by atoms with Gasteiger partial charge in [0.25, 0.3) is 0 Å². The first-order valence-electron chi connectivity index (χ1n) is 4.84. The molecule has 1 N–H and O–H groups in total. The number of rotatable bonds is 1. The van der Waals surface area contributed by atoms with Crippen molar-refractivity contribution in [1.82, 2.24) is 5.32 Å². The lowest BCUT2D eigenvalue weighted by atomic mass is 11.0. The Hall–Kier alpha value is -0.860.